The molecule has 0 radical (unpaired) electrons. The molecule has 20 heavy (non-hydrogen) atoms. The van der Waals surface area contributed by atoms with E-state index in [1.807, 2.05) is 6.20 Å². The molecule has 2 aliphatic rings. The summed E-state index contributed by atoms with van der Waals surface area (Å²) >= 11 is 0. The van der Waals surface area contributed by atoms with Crippen LogP contribution >= 0.6 is 0 Å². The van der Waals surface area contributed by atoms with Gasteiger partial charge in [0.2, 0.25) is 0 Å². The molecule has 0 aromatic carbocycles. The van der Waals surface area contributed by atoms with Crippen molar-refractivity contribution in [3.63, 3.8) is 0 Å². The summed E-state index contributed by atoms with van der Waals surface area (Å²) in [4.78, 5) is 2.67. The molecule has 1 aromatic rings. The van der Waals surface area contributed by atoms with E-state index in [2.05, 4.69) is 40.0 Å². The fourth-order valence-electron chi connectivity index (χ4n) is 3.12. The molecule has 1 saturated carbocycles. The van der Waals surface area contributed by atoms with Crippen molar-refractivity contribution in [1.29, 1.82) is 0 Å². The molecule has 2 heterocycles. The minimum absolute atomic E-state index is 0.457. The lowest BCUT2D eigenvalue weighted by Gasteiger charge is -2.30. The van der Waals surface area contributed by atoms with Crippen molar-refractivity contribution in [2.75, 3.05) is 13.1 Å². The molecule has 2 fully saturated rings. The Morgan fingerprint density at radius 1 is 1.35 bits per heavy atom. The second-order valence-electron chi connectivity index (χ2n) is 6.73. The topological polar surface area (TPSA) is 33.1 Å². The molecule has 1 saturated heterocycles. The van der Waals surface area contributed by atoms with Crippen LogP contribution in [0.5, 0.6) is 0 Å². The molecule has 1 N–H and O–H groups in total. The van der Waals surface area contributed by atoms with E-state index < -0.39 is 0 Å². The third-order valence-corrected chi connectivity index (χ3v) is 4.50. The van der Waals surface area contributed by atoms with Crippen molar-refractivity contribution in [2.45, 2.75) is 70.6 Å². The van der Waals surface area contributed by atoms with E-state index in [0.717, 1.165) is 12.6 Å². The zero-order valence-corrected chi connectivity index (χ0v) is 12.9. The average molecular weight is 276 g/mol. The van der Waals surface area contributed by atoms with Crippen LogP contribution in [0.15, 0.2) is 12.4 Å². The predicted octanol–water partition coefficient (Wildman–Crippen LogP) is 2.57. The number of hydrogen-bond donors (Lipinski definition) is 1. The first-order valence-corrected chi connectivity index (χ1v) is 8.23. The van der Waals surface area contributed by atoms with E-state index in [4.69, 9.17) is 0 Å². The first kappa shape index (κ1) is 14.1. The smallest absolute Gasteiger partial charge is 0.0534 e. The Hall–Kier alpha value is -0.870. The Balaban J connectivity index is 1.58. The quantitative estimate of drug-likeness (QED) is 0.867. The van der Waals surface area contributed by atoms with Crippen LogP contribution in [0.4, 0.5) is 0 Å². The van der Waals surface area contributed by atoms with Crippen molar-refractivity contribution in [3.8, 4) is 0 Å². The highest BCUT2D eigenvalue weighted by atomic mass is 15.3. The zero-order valence-electron chi connectivity index (χ0n) is 12.9. The maximum absolute atomic E-state index is 4.47. The van der Waals surface area contributed by atoms with Crippen LogP contribution in [-0.4, -0.2) is 39.9 Å². The van der Waals surface area contributed by atoms with Gasteiger partial charge in [0.15, 0.2) is 0 Å². The number of piperidine rings is 1. The number of rotatable bonds is 6. The van der Waals surface area contributed by atoms with Crippen LogP contribution in [0.25, 0.3) is 0 Å². The molecule has 0 bridgehead atoms. The molecule has 1 aliphatic heterocycles. The van der Waals surface area contributed by atoms with Gasteiger partial charge < -0.3 is 5.32 Å². The second kappa shape index (κ2) is 6.27. The summed E-state index contributed by atoms with van der Waals surface area (Å²) in [6.07, 6.45) is 11.1. The summed E-state index contributed by atoms with van der Waals surface area (Å²) in [6, 6.07) is 1.98. The van der Waals surface area contributed by atoms with E-state index in [0.29, 0.717) is 12.1 Å². The van der Waals surface area contributed by atoms with Crippen molar-refractivity contribution in [2.24, 2.45) is 0 Å². The highest BCUT2D eigenvalue weighted by Gasteiger charge is 2.31. The monoisotopic (exact) mass is 276 g/mol. The molecular weight excluding hydrogens is 248 g/mol. The molecule has 1 aromatic heterocycles. The molecule has 4 heteroatoms. The van der Waals surface area contributed by atoms with Crippen molar-refractivity contribution in [3.05, 3.63) is 18.0 Å². The SMILES string of the molecule is CC(C)n1cc(CN(CC2CCCCN2)C2CC2)cn1. The van der Waals surface area contributed by atoms with Crippen LogP contribution in [-0.2, 0) is 6.54 Å². The fraction of sp³-hybridized carbons (Fsp3) is 0.812. The number of nitrogens with one attached hydrogen (secondary N) is 1. The van der Waals surface area contributed by atoms with Gasteiger partial charge in [-0.2, -0.15) is 5.10 Å². The molecule has 1 aliphatic carbocycles. The van der Waals surface area contributed by atoms with E-state index in [1.165, 1.54) is 50.8 Å². The van der Waals surface area contributed by atoms with Gasteiger partial charge >= 0.3 is 0 Å². The number of aromatic nitrogens is 2. The fourth-order valence-corrected chi connectivity index (χ4v) is 3.12. The molecule has 0 amide bonds. The van der Waals surface area contributed by atoms with Gasteiger partial charge in [-0.05, 0) is 46.1 Å². The average Bonchev–Trinajstić information content (AvgIpc) is 3.19. The highest BCUT2D eigenvalue weighted by molar-refractivity contribution is 5.06. The summed E-state index contributed by atoms with van der Waals surface area (Å²) < 4.78 is 2.07. The predicted molar refractivity (Wildman–Crippen MR) is 81.7 cm³/mol. The van der Waals surface area contributed by atoms with Crippen LogP contribution in [0.3, 0.4) is 0 Å². The minimum atomic E-state index is 0.457. The maximum atomic E-state index is 4.47. The Labute approximate surface area is 122 Å². The third-order valence-electron chi connectivity index (χ3n) is 4.50. The van der Waals surface area contributed by atoms with Gasteiger partial charge in [0.05, 0.1) is 6.20 Å². The van der Waals surface area contributed by atoms with Gasteiger partial charge in [0.1, 0.15) is 0 Å². The van der Waals surface area contributed by atoms with Gasteiger partial charge in [-0.15, -0.1) is 0 Å². The molecule has 4 nitrogen and oxygen atoms in total. The summed E-state index contributed by atoms with van der Waals surface area (Å²) in [5, 5.41) is 8.15. The normalized spacial score (nSPS) is 23.7. The van der Waals surface area contributed by atoms with Crippen LogP contribution in [0, 0.1) is 0 Å². The van der Waals surface area contributed by atoms with E-state index in [1.54, 1.807) is 0 Å². The lowest BCUT2D eigenvalue weighted by atomic mass is 10.0. The Kier molecular flexibility index (Phi) is 4.41. The lowest BCUT2D eigenvalue weighted by molar-refractivity contribution is 0.208. The van der Waals surface area contributed by atoms with Crippen molar-refractivity contribution >= 4 is 0 Å². The summed E-state index contributed by atoms with van der Waals surface area (Å²) in [5.74, 6) is 0. The number of hydrogen-bond acceptors (Lipinski definition) is 3. The molecule has 1 atom stereocenters. The first-order chi connectivity index (χ1) is 9.72. The Bertz CT molecular complexity index is 416. The molecule has 1 unspecified atom stereocenters. The van der Waals surface area contributed by atoms with Gasteiger partial charge in [-0.25, -0.2) is 0 Å². The van der Waals surface area contributed by atoms with E-state index >= 15 is 0 Å². The second-order valence-corrected chi connectivity index (χ2v) is 6.73. The van der Waals surface area contributed by atoms with Crippen molar-refractivity contribution < 1.29 is 0 Å². The minimum Gasteiger partial charge on any atom is -0.313 e. The molecule has 0 spiro atoms. The lowest BCUT2D eigenvalue weighted by Crippen LogP contribution is -2.44. The summed E-state index contributed by atoms with van der Waals surface area (Å²) in [7, 11) is 0. The molecule has 3 rings (SSSR count). The van der Waals surface area contributed by atoms with Gasteiger partial charge in [-0.1, -0.05) is 6.42 Å². The van der Waals surface area contributed by atoms with E-state index in [-0.39, 0.29) is 0 Å². The maximum Gasteiger partial charge on any atom is 0.0534 e. The van der Waals surface area contributed by atoms with Crippen molar-refractivity contribution in [1.82, 2.24) is 20.0 Å². The molecule has 112 valence electrons. The highest BCUT2D eigenvalue weighted by Crippen LogP contribution is 2.29. The van der Waals surface area contributed by atoms with Gasteiger partial charge in [-0.3, -0.25) is 9.58 Å². The molecular formula is C16H28N4. The first-order valence-electron chi connectivity index (χ1n) is 8.23. The third kappa shape index (κ3) is 3.61. The van der Waals surface area contributed by atoms with Gasteiger partial charge in [0, 0.05) is 43.0 Å². The standard InChI is InChI=1S/C16H28N4/c1-13(2)20-11-14(9-18-20)10-19(16-6-7-16)12-15-5-3-4-8-17-15/h9,11,13,15-17H,3-8,10,12H2,1-2H3. The van der Waals surface area contributed by atoms with E-state index in [9.17, 15) is 0 Å². The van der Waals surface area contributed by atoms with Crippen LogP contribution in [0.1, 0.15) is 57.6 Å². The summed E-state index contributed by atoms with van der Waals surface area (Å²) in [6.45, 7) is 7.84. The largest absolute Gasteiger partial charge is 0.313 e. The summed E-state index contributed by atoms with van der Waals surface area (Å²) in [5.41, 5.74) is 1.36. The van der Waals surface area contributed by atoms with Crippen LogP contribution in [0.2, 0.25) is 0 Å². The number of nitrogens with zero attached hydrogens (tertiary/aromatic N) is 3. The van der Waals surface area contributed by atoms with Gasteiger partial charge in [0.25, 0.3) is 0 Å². The zero-order chi connectivity index (χ0) is 13.9. The Morgan fingerprint density at radius 3 is 2.80 bits per heavy atom. The van der Waals surface area contributed by atoms with Crippen LogP contribution < -0.4 is 5.32 Å². The Morgan fingerprint density at radius 2 is 2.20 bits per heavy atom.